The summed E-state index contributed by atoms with van der Waals surface area (Å²) in [6, 6.07) is 0. The second-order valence-corrected chi connectivity index (χ2v) is 4.33. The number of hydrogen-bond donors (Lipinski definition) is 0. The van der Waals surface area contributed by atoms with Crippen LogP contribution in [0, 0.1) is 11.3 Å². The minimum absolute atomic E-state index is 1.02. The van der Waals surface area contributed by atoms with Crippen LogP contribution in [0.15, 0.2) is 0 Å². The third-order valence-corrected chi connectivity index (χ3v) is 2.73. The first-order valence-electron chi connectivity index (χ1n) is 5.04. The van der Waals surface area contributed by atoms with Crippen LogP contribution in [-0.4, -0.2) is 36.3 Å². The molecule has 0 aromatic carbocycles. The van der Waals surface area contributed by atoms with Crippen molar-refractivity contribution >= 4 is 11.6 Å². The van der Waals surface area contributed by atoms with Crippen LogP contribution < -0.4 is 0 Å². The van der Waals surface area contributed by atoms with E-state index in [1.54, 1.807) is 0 Å². The average Bonchev–Trinajstić information content (AvgIpc) is 2.19. The van der Waals surface area contributed by atoms with Gasteiger partial charge in [0.05, 0.1) is 0 Å². The molecule has 0 aliphatic rings. The maximum atomic E-state index is 12.4. The van der Waals surface area contributed by atoms with Crippen LogP contribution in [0.25, 0.3) is 0 Å². The zero-order chi connectivity index (χ0) is 19.2. The highest BCUT2D eigenvalue weighted by molar-refractivity contribution is 6.40. The molecule has 14 heteroatoms. The SMILES string of the molecule is CC(C(=O)C(=O)C(C(F)(F)F)C(F)(F)F)(C(F)(F)F)C(F)(F)F. The van der Waals surface area contributed by atoms with Crippen LogP contribution >= 0.6 is 0 Å². The number of Topliss-reactive ketones (excluding diaryl/α,β-unsaturated/α-hetero) is 2. The van der Waals surface area contributed by atoms with Gasteiger partial charge in [0.1, 0.15) is 0 Å². The summed E-state index contributed by atoms with van der Waals surface area (Å²) in [6.45, 7) is -1.02. The molecule has 0 aliphatic carbocycles. The van der Waals surface area contributed by atoms with Gasteiger partial charge in [-0.05, 0) is 6.92 Å². The largest absolute Gasteiger partial charge is 0.410 e. The maximum Gasteiger partial charge on any atom is 0.410 e. The number of carbonyl (C=O) groups excluding carboxylic acids is 2. The highest BCUT2D eigenvalue weighted by atomic mass is 19.4. The molecule has 0 rings (SSSR count). The van der Waals surface area contributed by atoms with Gasteiger partial charge in [0.2, 0.25) is 22.9 Å². The zero-order valence-electron chi connectivity index (χ0n) is 10.4. The molecule has 136 valence electrons. The van der Waals surface area contributed by atoms with Crippen molar-refractivity contribution in [3.8, 4) is 0 Å². The number of ketones is 2. The monoisotopic (exact) mass is 372 g/mol. The van der Waals surface area contributed by atoms with Gasteiger partial charge in [0.15, 0.2) is 0 Å². The third-order valence-electron chi connectivity index (χ3n) is 2.73. The predicted octanol–water partition coefficient (Wildman–Crippen LogP) is 4.00. The highest BCUT2D eigenvalue weighted by Gasteiger charge is 2.75. The Morgan fingerprint density at radius 3 is 1.09 bits per heavy atom. The number of alkyl halides is 12. The van der Waals surface area contributed by atoms with Crippen LogP contribution in [0.3, 0.4) is 0 Å². The van der Waals surface area contributed by atoms with E-state index in [0.29, 0.717) is 0 Å². The Kier molecular flexibility index (Phi) is 5.18. The molecule has 0 unspecified atom stereocenters. The molecular weight excluding hydrogens is 368 g/mol. The fourth-order valence-corrected chi connectivity index (χ4v) is 1.28. The molecule has 0 amide bonds. The summed E-state index contributed by atoms with van der Waals surface area (Å²) < 4.78 is 147. The number of carbonyl (C=O) groups is 2. The highest BCUT2D eigenvalue weighted by Crippen LogP contribution is 2.52. The molecule has 0 fully saturated rings. The van der Waals surface area contributed by atoms with Crippen molar-refractivity contribution in [2.24, 2.45) is 11.3 Å². The van der Waals surface area contributed by atoms with Crippen LogP contribution in [0.4, 0.5) is 52.7 Å². The first-order valence-corrected chi connectivity index (χ1v) is 5.04. The Balaban J connectivity index is 6.23. The molecule has 2 nitrogen and oxygen atoms in total. The number of halogens is 12. The van der Waals surface area contributed by atoms with Gasteiger partial charge in [-0.2, -0.15) is 52.7 Å². The lowest BCUT2D eigenvalue weighted by atomic mass is 9.78. The topological polar surface area (TPSA) is 34.1 Å². The van der Waals surface area contributed by atoms with Crippen molar-refractivity contribution in [1.29, 1.82) is 0 Å². The summed E-state index contributed by atoms with van der Waals surface area (Å²) >= 11 is 0. The second kappa shape index (κ2) is 5.54. The van der Waals surface area contributed by atoms with Crippen molar-refractivity contribution in [1.82, 2.24) is 0 Å². The van der Waals surface area contributed by atoms with E-state index >= 15 is 0 Å². The molecule has 23 heavy (non-hydrogen) atoms. The second-order valence-electron chi connectivity index (χ2n) is 4.33. The summed E-state index contributed by atoms with van der Waals surface area (Å²) in [6.07, 6.45) is -26.5. The predicted molar refractivity (Wildman–Crippen MR) is 45.8 cm³/mol. The summed E-state index contributed by atoms with van der Waals surface area (Å²) in [5.74, 6) is -13.1. The maximum absolute atomic E-state index is 12.4. The molecule has 0 heterocycles. The van der Waals surface area contributed by atoms with Crippen LogP contribution in [0.2, 0.25) is 0 Å². The Labute approximate surface area is 118 Å². The molecule has 0 aliphatic heterocycles. The molecule has 0 N–H and O–H groups in total. The lowest BCUT2D eigenvalue weighted by molar-refractivity contribution is -0.319. The Bertz CT molecular complexity index is 449. The Morgan fingerprint density at radius 1 is 0.652 bits per heavy atom. The molecule has 0 atom stereocenters. The molecule has 0 saturated heterocycles. The van der Waals surface area contributed by atoms with Crippen LogP contribution in [0.5, 0.6) is 0 Å². The summed E-state index contributed by atoms with van der Waals surface area (Å²) in [7, 11) is 0. The van der Waals surface area contributed by atoms with Crippen molar-refractivity contribution in [2.75, 3.05) is 0 Å². The molecular formula is C9H4F12O2. The van der Waals surface area contributed by atoms with Crippen molar-refractivity contribution in [2.45, 2.75) is 31.6 Å². The van der Waals surface area contributed by atoms with E-state index < -0.39 is 54.5 Å². The van der Waals surface area contributed by atoms with Gasteiger partial charge < -0.3 is 0 Å². The molecule has 0 spiro atoms. The van der Waals surface area contributed by atoms with Gasteiger partial charge in [-0.3, -0.25) is 9.59 Å². The summed E-state index contributed by atoms with van der Waals surface area (Å²) in [5.41, 5.74) is -5.72. The van der Waals surface area contributed by atoms with Crippen molar-refractivity contribution in [3.05, 3.63) is 0 Å². The number of rotatable bonds is 3. The van der Waals surface area contributed by atoms with E-state index in [2.05, 4.69) is 0 Å². The van der Waals surface area contributed by atoms with Gasteiger partial charge in [0, 0.05) is 0 Å². The first kappa shape index (κ1) is 21.5. The molecule has 0 aromatic heterocycles. The van der Waals surface area contributed by atoms with E-state index in [9.17, 15) is 62.3 Å². The van der Waals surface area contributed by atoms with Crippen LogP contribution in [0.1, 0.15) is 6.92 Å². The lowest BCUT2D eigenvalue weighted by Crippen LogP contribution is -2.59. The lowest BCUT2D eigenvalue weighted by Gasteiger charge is -2.33. The fraction of sp³-hybridized carbons (Fsp3) is 0.778. The minimum Gasteiger partial charge on any atom is -0.290 e. The third kappa shape index (κ3) is 3.88. The van der Waals surface area contributed by atoms with Gasteiger partial charge in [0.25, 0.3) is 0 Å². The summed E-state index contributed by atoms with van der Waals surface area (Å²) in [5, 5.41) is 0. The van der Waals surface area contributed by atoms with Crippen molar-refractivity contribution < 1.29 is 62.3 Å². The molecule has 0 aromatic rings. The van der Waals surface area contributed by atoms with E-state index in [4.69, 9.17) is 0 Å². The standard InChI is InChI=1S/C9H4F12O2/c1-5(8(16,17)18,9(19,20)21)4(23)2(22)3(6(10,11)12)7(13,14)15/h3H,1H3. The van der Waals surface area contributed by atoms with E-state index in [1.807, 2.05) is 0 Å². The van der Waals surface area contributed by atoms with Gasteiger partial charge in [-0.25, -0.2) is 0 Å². The van der Waals surface area contributed by atoms with Gasteiger partial charge in [-0.1, -0.05) is 0 Å². The van der Waals surface area contributed by atoms with Crippen LogP contribution in [-0.2, 0) is 9.59 Å². The molecule has 0 radical (unpaired) electrons. The normalized spacial score (nSPS) is 15.0. The smallest absolute Gasteiger partial charge is 0.290 e. The first-order chi connectivity index (χ1) is 9.69. The number of hydrogen-bond acceptors (Lipinski definition) is 2. The fourth-order valence-electron chi connectivity index (χ4n) is 1.28. The quantitative estimate of drug-likeness (QED) is 0.555. The van der Waals surface area contributed by atoms with E-state index in [1.165, 1.54) is 0 Å². The summed E-state index contributed by atoms with van der Waals surface area (Å²) in [4.78, 5) is 21.9. The van der Waals surface area contributed by atoms with Gasteiger partial charge in [-0.15, -0.1) is 0 Å². The molecule has 0 bridgehead atoms. The zero-order valence-corrected chi connectivity index (χ0v) is 10.4. The van der Waals surface area contributed by atoms with E-state index in [0.717, 1.165) is 0 Å². The Morgan fingerprint density at radius 2 is 0.913 bits per heavy atom. The van der Waals surface area contributed by atoms with Crippen molar-refractivity contribution in [3.63, 3.8) is 0 Å². The Hall–Kier alpha value is -1.50. The average molecular weight is 372 g/mol. The minimum atomic E-state index is -6.65. The molecule has 0 saturated carbocycles. The van der Waals surface area contributed by atoms with E-state index in [-0.39, 0.29) is 0 Å². The van der Waals surface area contributed by atoms with Gasteiger partial charge >= 0.3 is 24.7 Å².